The van der Waals surface area contributed by atoms with Crippen LogP contribution in [0.4, 0.5) is 11.6 Å². The molecule has 0 aliphatic rings. The van der Waals surface area contributed by atoms with Crippen molar-refractivity contribution < 1.29 is 10.2 Å². The van der Waals surface area contributed by atoms with E-state index in [0.29, 0.717) is 0 Å². The zero-order chi connectivity index (χ0) is 16.0. The Labute approximate surface area is 114 Å². The van der Waals surface area contributed by atoms with Gasteiger partial charge in [0, 0.05) is 0 Å². The van der Waals surface area contributed by atoms with Crippen molar-refractivity contribution in [1.29, 1.82) is 0 Å². The van der Waals surface area contributed by atoms with Gasteiger partial charge in [0.05, 0.1) is 0 Å². The van der Waals surface area contributed by atoms with Crippen LogP contribution in [0, 0.1) is 26.3 Å². The van der Waals surface area contributed by atoms with E-state index in [1.807, 2.05) is 0 Å². The highest BCUT2D eigenvalue weighted by atomic mass is 16.5. The second-order valence-electron chi connectivity index (χ2n) is 2.43. The molecule has 0 aromatic carbocycles. The predicted octanol–water partition coefficient (Wildman–Crippen LogP) is 0.309. The van der Waals surface area contributed by atoms with Gasteiger partial charge in [-0.2, -0.15) is 0 Å². The summed E-state index contributed by atoms with van der Waals surface area (Å²) in [5, 5.41) is 14.2. The lowest BCUT2D eigenvalue weighted by molar-refractivity contribution is 0.0773. The van der Waals surface area contributed by atoms with E-state index in [0.717, 1.165) is 0 Å². The SMILES string of the molecule is OCO.[C-]#[N+]/C(N)=C(/N)[N+]#[C-].[C-]#[N+]c1nc[nH]c1[N+]#[C-]. The van der Waals surface area contributed by atoms with Crippen LogP contribution in [-0.2, 0) is 0 Å². The fourth-order valence-electron chi connectivity index (χ4n) is 0.559. The molecule has 0 bridgehead atoms. The third-order valence-corrected chi connectivity index (χ3v) is 1.32. The summed E-state index contributed by atoms with van der Waals surface area (Å²) in [6, 6.07) is 0. The first-order chi connectivity index (χ1) is 9.51. The van der Waals surface area contributed by atoms with Gasteiger partial charge < -0.3 is 41.1 Å². The van der Waals surface area contributed by atoms with Gasteiger partial charge in [-0.15, -0.1) is 0 Å². The average molecular weight is 274 g/mol. The number of aliphatic hydroxyl groups is 2. The zero-order valence-electron chi connectivity index (χ0n) is 10.1. The first kappa shape index (κ1) is 18.8. The number of hydrogen-bond donors (Lipinski definition) is 5. The van der Waals surface area contributed by atoms with E-state index in [1.165, 1.54) is 6.33 Å². The Morgan fingerprint density at radius 1 is 1.10 bits per heavy atom. The Kier molecular flexibility index (Phi) is 11.2. The molecule has 1 aromatic rings. The molecule has 1 rings (SSSR count). The first-order valence-electron chi connectivity index (χ1n) is 4.52. The van der Waals surface area contributed by atoms with Crippen LogP contribution in [0.15, 0.2) is 18.0 Å². The summed E-state index contributed by atoms with van der Waals surface area (Å²) in [6.07, 6.45) is 1.33. The molecular weight excluding hydrogens is 264 g/mol. The lowest BCUT2D eigenvalue weighted by Gasteiger charge is -1.88. The minimum absolute atomic E-state index is 0.144. The van der Waals surface area contributed by atoms with E-state index in [2.05, 4.69) is 29.3 Å². The number of imidazole rings is 1. The van der Waals surface area contributed by atoms with Gasteiger partial charge in [-0.05, 0) is 0 Å². The molecule has 0 spiro atoms. The maximum Gasteiger partial charge on any atom is 0.293 e. The number of aromatic amines is 1. The fraction of sp³-hybridized carbons (Fsp3) is 0.100. The Balaban J connectivity index is 0. The standard InChI is InChI=1S/C5H2N4.C4H4N4.CH4O2/c1-6-4-5(7-2)9-3-8-4;1-7-3(5)4(6)8-2;2-1-3/h3H,(H,8,9);5-6H2;2-3H,1H2/b;4-3-;. The van der Waals surface area contributed by atoms with Gasteiger partial charge in [-0.1, -0.05) is 31.3 Å². The highest BCUT2D eigenvalue weighted by Gasteiger charge is 2.01. The normalized spacial score (nSPS) is 8.70. The molecule has 0 atom stereocenters. The summed E-state index contributed by atoms with van der Waals surface area (Å²) < 4.78 is 0. The van der Waals surface area contributed by atoms with Crippen molar-refractivity contribution in [3.05, 3.63) is 63.6 Å². The van der Waals surface area contributed by atoms with Gasteiger partial charge >= 0.3 is 0 Å². The largest absolute Gasteiger partial charge is 0.374 e. The molecule has 10 nitrogen and oxygen atoms in total. The summed E-state index contributed by atoms with van der Waals surface area (Å²) in [6.45, 7) is 24.8. The molecule has 0 saturated carbocycles. The third-order valence-electron chi connectivity index (χ3n) is 1.32. The van der Waals surface area contributed by atoms with Crippen molar-refractivity contribution in [3.8, 4) is 0 Å². The second-order valence-corrected chi connectivity index (χ2v) is 2.43. The zero-order valence-corrected chi connectivity index (χ0v) is 10.1. The molecule has 0 fully saturated rings. The summed E-state index contributed by atoms with van der Waals surface area (Å²) in [5.74, 6) is -0.116. The Morgan fingerprint density at radius 3 is 1.80 bits per heavy atom. The molecule has 20 heavy (non-hydrogen) atoms. The van der Waals surface area contributed by atoms with Crippen molar-refractivity contribution in [1.82, 2.24) is 9.97 Å². The second kappa shape index (κ2) is 11.9. The number of aliphatic hydroxyl groups excluding tert-OH is 1. The topological polar surface area (TPSA) is 139 Å². The molecule has 0 amide bonds. The highest BCUT2D eigenvalue weighted by molar-refractivity contribution is 5.60. The van der Waals surface area contributed by atoms with Crippen molar-refractivity contribution >= 4 is 11.6 Å². The average Bonchev–Trinajstić information content (AvgIpc) is 2.94. The van der Waals surface area contributed by atoms with Crippen LogP contribution < -0.4 is 11.5 Å². The van der Waals surface area contributed by atoms with E-state index < -0.39 is 6.79 Å². The molecule has 0 unspecified atom stereocenters. The molecule has 0 radical (unpaired) electrons. The quantitative estimate of drug-likeness (QED) is 0.342. The van der Waals surface area contributed by atoms with Gasteiger partial charge in [-0.3, -0.25) is 4.98 Å². The van der Waals surface area contributed by atoms with E-state index in [-0.39, 0.29) is 23.3 Å². The van der Waals surface area contributed by atoms with Gasteiger partial charge in [-0.25, -0.2) is 0 Å². The van der Waals surface area contributed by atoms with E-state index in [4.69, 9.17) is 48.0 Å². The van der Waals surface area contributed by atoms with E-state index >= 15 is 0 Å². The molecule has 7 N–H and O–H groups in total. The van der Waals surface area contributed by atoms with Crippen molar-refractivity contribution in [3.63, 3.8) is 0 Å². The van der Waals surface area contributed by atoms with Crippen LogP contribution in [0.3, 0.4) is 0 Å². The van der Waals surface area contributed by atoms with Gasteiger partial charge in [0.2, 0.25) is 11.6 Å². The molecule has 0 saturated heterocycles. The summed E-state index contributed by atoms with van der Waals surface area (Å²) in [7, 11) is 0. The van der Waals surface area contributed by atoms with Gasteiger partial charge in [0.15, 0.2) is 0 Å². The number of nitrogens with two attached hydrogens (primary N) is 2. The van der Waals surface area contributed by atoms with Crippen LogP contribution >= 0.6 is 0 Å². The summed E-state index contributed by atoms with van der Waals surface area (Å²) in [5.41, 5.74) is 9.83. The molecule has 1 heterocycles. The Morgan fingerprint density at radius 2 is 1.55 bits per heavy atom. The number of aromatic nitrogens is 2. The van der Waals surface area contributed by atoms with E-state index in [1.54, 1.807) is 0 Å². The van der Waals surface area contributed by atoms with Crippen LogP contribution in [0.25, 0.3) is 19.4 Å². The van der Waals surface area contributed by atoms with Crippen LogP contribution in [0.1, 0.15) is 0 Å². The minimum atomic E-state index is -0.750. The first-order valence-corrected chi connectivity index (χ1v) is 4.52. The lowest BCUT2D eigenvalue weighted by Crippen LogP contribution is -2.02. The third kappa shape index (κ3) is 7.66. The Bertz CT molecular complexity index is 554. The number of nitrogens with one attached hydrogen (secondary N) is 1. The maximum absolute atomic E-state index is 7.12. The maximum atomic E-state index is 7.12. The van der Waals surface area contributed by atoms with Crippen molar-refractivity contribution in [2.45, 2.75) is 0 Å². The monoisotopic (exact) mass is 274 g/mol. The van der Waals surface area contributed by atoms with E-state index in [9.17, 15) is 0 Å². The van der Waals surface area contributed by atoms with Gasteiger partial charge in [0.25, 0.3) is 18.0 Å². The molecule has 102 valence electrons. The molecule has 0 aliphatic carbocycles. The van der Waals surface area contributed by atoms with Crippen molar-refractivity contribution in [2.75, 3.05) is 6.79 Å². The highest BCUT2D eigenvalue weighted by Crippen LogP contribution is 2.21. The van der Waals surface area contributed by atoms with Gasteiger partial charge in [0.1, 0.15) is 6.79 Å². The summed E-state index contributed by atoms with van der Waals surface area (Å²) >= 11 is 0. The molecule has 10 heteroatoms. The summed E-state index contributed by atoms with van der Waals surface area (Å²) in [4.78, 5) is 17.6. The van der Waals surface area contributed by atoms with Crippen molar-refractivity contribution in [2.24, 2.45) is 11.5 Å². The predicted molar refractivity (Wildman–Crippen MR) is 69.0 cm³/mol. The number of rotatable bonds is 0. The number of nitrogens with zero attached hydrogens (tertiary/aromatic N) is 5. The van der Waals surface area contributed by atoms with Crippen LogP contribution in [0.5, 0.6) is 0 Å². The number of hydrogen-bond acceptors (Lipinski definition) is 5. The minimum Gasteiger partial charge on any atom is -0.374 e. The lowest BCUT2D eigenvalue weighted by atomic mass is 10.7. The molecule has 0 aliphatic heterocycles. The van der Waals surface area contributed by atoms with Crippen LogP contribution in [-0.4, -0.2) is 27.0 Å². The fourth-order valence-corrected chi connectivity index (χ4v) is 0.559. The molecule has 1 aromatic heterocycles. The molecular formula is C10H10N8O2. The Hall–Kier alpha value is -3.57. The smallest absolute Gasteiger partial charge is 0.293 e. The number of H-pyrrole nitrogens is 1. The van der Waals surface area contributed by atoms with Crippen LogP contribution in [0.2, 0.25) is 0 Å².